The smallest absolute Gasteiger partial charge is 0.0535 e. The molecule has 344 valence electrons. The van der Waals surface area contributed by atoms with E-state index in [2.05, 4.69) is 0 Å². The maximum atomic E-state index is 1.70. The molecule has 6 saturated heterocycles. The predicted octanol–water partition coefficient (Wildman–Crippen LogP) is 21.6. The lowest BCUT2D eigenvalue weighted by molar-refractivity contribution is 0.536. The van der Waals surface area contributed by atoms with Crippen molar-refractivity contribution < 1.29 is 0 Å². The Labute approximate surface area is 371 Å². The number of rotatable bonds is 0. The summed E-state index contributed by atoms with van der Waals surface area (Å²) in [6.45, 7) is 0. The van der Waals surface area contributed by atoms with Gasteiger partial charge in [0.1, 0.15) is 0 Å². The number of hydrogen-bond donors (Lipinski definition) is 0. The molecule has 0 amide bonds. The molecule has 0 N–H and O–H groups in total. The van der Waals surface area contributed by atoms with Gasteiger partial charge in [-0.25, -0.2) is 0 Å². The van der Waals surface area contributed by atoms with Crippen molar-refractivity contribution >= 4 is 16.1 Å². The molecule has 58 heavy (non-hydrogen) atoms. The van der Waals surface area contributed by atoms with Crippen molar-refractivity contribution in [2.24, 2.45) is 0 Å². The van der Waals surface area contributed by atoms with Crippen molar-refractivity contribution in [2.75, 3.05) is 0 Å². The van der Waals surface area contributed by atoms with Crippen LogP contribution in [0.15, 0.2) is 0 Å². The highest BCUT2D eigenvalue weighted by molar-refractivity contribution is 6.80. The summed E-state index contributed by atoms with van der Waals surface area (Å²) in [7, 11) is -2.35. The number of hydrogen-bond acceptors (Lipinski definition) is 0. The second-order valence-electron chi connectivity index (χ2n) is 22.0. The molecule has 0 spiro atoms. The fourth-order valence-electron chi connectivity index (χ4n) is 12.6. The van der Waals surface area contributed by atoms with E-state index in [0.717, 1.165) is 0 Å². The first-order valence-electron chi connectivity index (χ1n) is 28.8. The average molecular weight is 842 g/mol. The molecule has 0 aromatic heterocycles. The Bertz CT molecular complexity index is 629. The molecule has 2 bridgehead atoms. The molecule has 6 fully saturated rings. The van der Waals surface area contributed by atoms with E-state index >= 15 is 0 Å². The van der Waals surface area contributed by atoms with E-state index in [1.807, 2.05) is 0 Å². The van der Waals surface area contributed by atoms with Crippen LogP contribution < -0.4 is 0 Å². The van der Waals surface area contributed by atoms with Gasteiger partial charge in [-0.05, 0) is 0 Å². The van der Waals surface area contributed by atoms with Crippen molar-refractivity contribution in [2.45, 2.75) is 357 Å². The van der Waals surface area contributed by atoms with Gasteiger partial charge in [0.15, 0.2) is 0 Å². The van der Waals surface area contributed by atoms with Crippen LogP contribution in [0.5, 0.6) is 0 Å². The Morgan fingerprint density at radius 2 is 0.155 bits per heavy atom. The maximum Gasteiger partial charge on any atom is 0.0535 e. The molecule has 6 aliphatic rings. The van der Waals surface area contributed by atoms with Crippen LogP contribution in [0.2, 0.25) is 48.4 Å². The fourth-order valence-corrected chi connectivity index (χ4v) is 23.6. The van der Waals surface area contributed by atoms with Crippen molar-refractivity contribution in [3.05, 3.63) is 0 Å². The normalized spacial score (nSPS) is 29.8. The van der Waals surface area contributed by atoms with Crippen LogP contribution >= 0.6 is 0 Å². The van der Waals surface area contributed by atoms with Gasteiger partial charge in [-0.15, -0.1) is 0 Å². The van der Waals surface area contributed by atoms with Gasteiger partial charge in [-0.1, -0.05) is 357 Å². The van der Waals surface area contributed by atoms with Crippen molar-refractivity contribution in [1.82, 2.24) is 0 Å². The lowest BCUT2D eigenvalue weighted by Crippen LogP contribution is -2.34. The minimum absolute atomic E-state index is 1.18. The summed E-state index contributed by atoms with van der Waals surface area (Å²) in [5, 5.41) is 0. The van der Waals surface area contributed by atoms with Crippen LogP contribution in [0.1, 0.15) is 308 Å². The average Bonchev–Trinajstić information content (AvgIpc) is 3.23. The summed E-state index contributed by atoms with van der Waals surface area (Å²) < 4.78 is 0. The quantitative estimate of drug-likeness (QED) is 0.213. The van der Waals surface area contributed by atoms with Gasteiger partial charge in [0.25, 0.3) is 0 Å². The second-order valence-corrected chi connectivity index (χ2v) is 32.0. The Morgan fingerprint density at radius 3 is 0.241 bits per heavy atom. The van der Waals surface area contributed by atoms with E-state index in [4.69, 9.17) is 0 Å². The van der Waals surface area contributed by atoms with Crippen LogP contribution in [0.25, 0.3) is 0 Å². The summed E-state index contributed by atoms with van der Waals surface area (Å²) >= 11 is 0. The first kappa shape index (κ1) is 52.8. The Kier molecular flexibility index (Phi) is 35.5. The van der Waals surface area contributed by atoms with Gasteiger partial charge in [-0.2, -0.15) is 0 Å². The van der Waals surface area contributed by atoms with Gasteiger partial charge in [0.05, 0.1) is 16.1 Å². The van der Waals surface area contributed by atoms with Gasteiger partial charge in [0.2, 0.25) is 0 Å². The third-order valence-corrected chi connectivity index (χ3v) is 28.0. The van der Waals surface area contributed by atoms with Crippen LogP contribution in [-0.4, -0.2) is 16.1 Å². The van der Waals surface area contributed by atoms with Crippen LogP contribution in [0, 0.1) is 0 Å². The third-order valence-electron chi connectivity index (χ3n) is 16.7. The monoisotopic (exact) mass is 841 g/mol. The highest BCUT2D eigenvalue weighted by Gasteiger charge is 2.32. The highest BCUT2D eigenvalue weighted by Crippen LogP contribution is 2.37. The lowest BCUT2D eigenvalue weighted by Gasteiger charge is -2.33. The van der Waals surface area contributed by atoms with Gasteiger partial charge in [0, 0.05) is 0 Å². The Morgan fingerprint density at radius 1 is 0.0862 bits per heavy atom. The molecule has 0 unspecified atom stereocenters. The third kappa shape index (κ3) is 29.7. The molecule has 6 rings (SSSR count). The lowest BCUT2D eigenvalue weighted by atomic mass is 10.1. The minimum Gasteiger partial charge on any atom is -0.0571 e. The summed E-state index contributed by atoms with van der Waals surface area (Å²) in [5.41, 5.74) is 0. The molecule has 0 nitrogen and oxygen atoms in total. The largest absolute Gasteiger partial charge is 0.0571 e. The molecular weight excluding hydrogens is 729 g/mol. The molecule has 0 aromatic carbocycles. The highest BCUT2D eigenvalue weighted by atomic mass is 28.3. The second kappa shape index (κ2) is 39.1. The molecule has 0 aromatic rings. The first-order chi connectivity index (χ1) is 28.8. The molecule has 0 saturated carbocycles. The molecule has 0 aliphatic carbocycles. The van der Waals surface area contributed by atoms with Crippen LogP contribution in [0.3, 0.4) is 0 Å². The standard InChI is InChI=1S/C56H112Si2/c1-2-10-18-26-34-42-50-58-54-46-38-30-22-14-6-3-11-19-27-35-43-51-57(49-41-33-25-17-9-1,52-44-36-28-20-12-4-7-15-23-31-39-47-55-58)53-45-37-29-21-13-5-8-16-24-32-40-48-56-58/h1-56H2. The zero-order valence-corrected chi connectivity index (χ0v) is 42.6. The van der Waals surface area contributed by atoms with Crippen LogP contribution in [0.4, 0.5) is 0 Å². The van der Waals surface area contributed by atoms with E-state index in [9.17, 15) is 0 Å². The van der Waals surface area contributed by atoms with E-state index in [1.54, 1.807) is 151 Å². The Balaban J connectivity index is 1.77. The van der Waals surface area contributed by atoms with E-state index in [1.165, 1.54) is 205 Å². The van der Waals surface area contributed by atoms with E-state index in [-0.39, 0.29) is 0 Å². The summed E-state index contributed by atoms with van der Waals surface area (Å²) in [4.78, 5) is 0. The van der Waals surface area contributed by atoms with Crippen LogP contribution in [-0.2, 0) is 0 Å². The fraction of sp³-hybridized carbons (Fsp3) is 1.00. The van der Waals surface area contributed by atoms with E-state index < -0.39 is 16.1 Å². The first-order valence-corrected chi connectivity index (χ1v) is 34.5. The van der Waals surface area contributed by atoms with Gasteiger partial charge in [-0.3, -0.25) is 0 Å². The minimum atomic E-state index is -1.18. The zero-order chi connectivity index (χ0) is 40.6. The summed E-state index contributed by atoms with van der Waals surface area (Å²) in [5.74, 6) is 0. The maximum absolute atomic E-state index is 1.70. The molecular formula is C56H112Si2. The molecule has 0 atom stereocenters. The summed E-state index contributed by atoms with van der Waals surface area (Å²) in [6.07, 6.45) is 74.1. The Hall–Kier alpha value is 0.434. The molecule has 2 heteroatoms. The summed E-state index contributed by atoms with van der Waals surface area (Å²) in [6, 6.07) is 13.6. The predicted molar refractivity (Wildman–Crippen MR) is 272 cm³/mol. The SMILES string of the molecule is C1CCCCCCC[Si]23CCCCCCCCCCCCCC[Si](CCCCCC1)(CCCCCCCCCCCCCC2)CCCCCCCCCCCCCC3. The van der Waals surface area contributed by atoms with E-state index in [0.29, 0.717) is 0 Å². The molecule has 6 heterocycles. The topological polar surface area (TPSA) is 0 Å². The van der Waals surface area contributed by atoms with Crippen molar-refractivity contribution in [3.8, 4) is 0 Å². The van der Waals surface area contributed by atoms with Crippen molar-refractivity contribution in [3.63, 3.8) is 0 Å². The molecule has 0 radical (unpaired) electrons. The molecule has 6 aliphatic heterocycles. The van der Waals surface area contributed by atoms with Gasteiger partial charge < -0.3 is 0 Å². The van der Waals surface area contributed by atoms with Gasteiger partial charge >= 0.3 is 0 Å². The zero-order valence-electron chi connectivity index (χ0n) is 40.6. The van der Waals surface area contributed by atoms with Crippen molar-refractivity contribution in [1.29, 1.82) is 0 Å².